The highest BCUT2D eigenvalue weighted by molar-refractivity contribution is 7.80. The number of carbonyl (C=O) groups excluding carboxylic acids is 1. The molecule has 0 aromatic carbocycles. The monoisotopic (exact) mass is 387 g/mol. The van der Waals surface area contributed by atoms with E-state index in [1.807, 2.05) is 12.4 Å². The summed E-state index contributed by atoms with van der Waals surface area (Å²) < 4.78 is 0. The summed E-state index contributed by atoms with van der Waals surface area (Å²) in [5.74, 6) is 1.64. The molecule has 1 spiro atoms. The van der Waals surface area contributed by atoms with E-state index in [4.69, 9.17) is 0 Å². The molecule has 0 atom stereocenters. The van der Waals surface area contributed by atoms with Gasteiger partial charge in [-0.15, -0.1) is 12.6 Å². The molecule has 5 heteroatoms. The van der Waals surface area contributed by atoms with Crippen molar-refractivity contribution in [2.24, 2.45) is 17.3 Å². The number of ketones is 1. The van der Waals surface area contributed by atoms with Gasteiger partial charge in [-0.3, -0.25) is 4.79 Å². The summed E-state index contributed by atoms with van der Waals surface area (Å²) in [6.45, 7) is 6.49. The second-order valence-electron chi connectivity index (χ2n) is 9.52. The maximum atomic E-state index is 12.3. The van der Waals surface area contributed by atoms with Crippen LogP contribution in [-0.2, 0) is 4.79 Å². The number of aromatic nitrogens is 2. The minimum Gasteiger partial charge on any atom is -0.300 e. The van der Waals surface area contributed by atoms with Crippen LogP contribution in [0.4, 0.5) is 0 Å². The predicted octanol–water partition coefficient (Wildman–Crippen LogP) is 4.51. The third-order valence-corrected chi connectivity index (χ3v) is 7.76. The lowest BCUT2D eigenvalue weighted by atomic mass is 9.56. The van der Waals surface area contributed by atoms with Crippen LogP contribution in [0.5, 0.6) is 0 Å². The zero-order valence-corrected chi connectivity index (χ0v) is 17.6. The number of hydrogen-bond acceptors (Lipinski definition) is 5. The smallest absolute Gasteiger partial charge is 0.184 e. The Balaban J connectivity index is 1.23. The first-order valence-corrected chi connectivity index (χ1v) is 11.2. The average Bonchev–Trinajstić information content (AvgIpc) is 2.66. The molecule has 2 saturated carbocycles. The molecular weight excluding hydrogens is 354 g/mol. The SMILES string of the molecule is CC(C)C(=O)[C@H]1CCC2(CC1)C[C@H](N1CCC(c3cnc(S)nc3)CC1)C2. The summed E-state index contributed by atoms with van der Waals surface area (Å²) in [7, 11) is 0. The quantitative estimate of drug-likeness (QED) is 0.610. The first kappa shape index (κ1) is 19.4. The maximum absolute atomic E-state index is 12.3. The van der Waals surface area contributed by atoms with Crippen LogP contribution in [0.15, 0.2) is 17.6 Å². The van der Waals surface area contributed by atoms with Gasteiger partial charge in [0.25, 0.3) is 0 Å². The molecule has 3 fully saturated rings. The Bertz CT molecular complexity index is 651. The number of carbonyl (C=O) groups is 1. The first-order chi connectivity index (χ1) is 13.0. The molecule has 0 bridgehead atoms. The van der Waals surface area contributed by atoms with Gasteiger partial charge in [0.1, 0.15) is 5.78 Å². The lowest BCUT2D eigenvalue weighted by Gasteiger charge is -2.56. The van der Waals surface area contributed by atoms with Crippen LogP contribution in [0.1, 0.15) is 76.7 Å². The van der Waals surface area contributed by atoms with Gasteiger partial charge in [-0.05, 0) is 81.4 Å². The Morgan fingerprint density at radius 1 is 1.11 bits per heavy atom. The third kappa shape index (κ3) is 4.09. The highest BCUT2D eigenvalue weighted by Gasteiger charge is 2.49. The molecular formula is C22H33N3OS. The fourth-order valence-electron chi connectivity index (χ4n) is 5.73. The molecule has 0 amide bonds. The molecule has 4 nitrogen and oxygen atoms in total. The van der Waals surface area contributed by atoms with E-state index >= 15 is 0 Å². The number of piperidine rings is 1. The Morgan fingerprint density at radius 3 is 2.26 bits per heavy atom. The molecule has 0 N–H and O–H groups in total. The summed E-state index contributed by atoms with van der Waals surface area (Å²) in [6, 6.07) is 0.777. The number of likely N-dealkylation sites (tertiary alicyclic amines) is 1. The Morgan fingerprint density at radius 2 is 1.70 bits per heavy atom. The number of hydrogen-bond donors (Lipinski definition) is 1. The van der Waals surface area contributed by atoms with Crippen molar-refractivity contribution in [1.29, 1.82) is 0 Å². The largest absolute Gasteiger partial charge is 0.300 e. The van der Waals surface area contributed by atoms with Crippen molar-refractivity contribution in [3.63, 3.8) is 0 Å². The van der Waals surface area contributed by atoms with E-state index in [9.17, 15) is 4.79 Å². The Hall–Kier alpha value is -0.940. The van der Waals surface area contributed by atoms with E-state index in [1.54, 1.807) is 0 Å². The topological polar surface area (TPSA) is 46.1 Å². The molecule has 0 radical (unpaired) electrons. The summed E-state index contributed by atoms with van der Waals surface area (Å²) >= 11 is 4.18. The fraction of sp³-hybridized carbons (Fsp3) is 0.773. The minimum absolute atomic E-state index is 0.203. The van der Waals surface area contributed by atoms with Gasteiger partial charge in [-0.2, -0.15) is 0 Å². The lowest BCUT2D eigenvalue weighted by Crippen LogP contribution is -2.54. The van der Waals surface area contributed by atoms with Crippen molar-refractivity contribution < 1.29 is 4.79 Å². The number of thiol groups is 1. The summed E-state index contributed by atoms with van der Waals surface area (Å²) in [6.07, 6.45) is 13.9. The second-order valence-corrected chi connectivity index (χ2v) is 9.92. The molecule has 1 aliphatic heterocycles. The van der Waals surface area contributed by atoms with Gasteiger partial charge in [-0.1, -0.05) is 13.8 Å². The molecule has 1 saturated heterocycles. The Labute approximate surface area is 168 Å². The van der Waals surface area contributed by atoms with E-state index in [0.29, 0.717) is 28.2 Å². The molecule has 4 rings (SSSR count). The Kier molecular flexibility index (Phi) is 5.62. The lowest BCUT2D eigenvalue weighted by molar-refractivity contribution is -0.129. The number of rotatable bonds is 4. The van der Waals surface area contributed by atoms with E-state index in [2.05, 4.69) is 41.3 Å². The van der Waals surface area contributed by atoms with Gasteiger partial charge in [0, 0.05) is 30.3 Å². The predicted molar refractivity (Wildman–Crippen MR) is 110 cm³/mol. The third-order valence-electron chi connectivity index (χ3n) is 7.53. The van der Waals surface area contributed by atoms with Crippen molar-refractivity contribution in [2.75, 3.05) is 13.1 Å². The molecule has 0 unspecified atom stereocenters. The van der Waals surface area contributed by atoms with Crippen molar-refractivity contribution in [1.82, 2.24) is 14.9 Å². The van der Waals surface area contributed by atoms with Gasteiger partial charge in [0.15, 0.2) is 5.16 Å². The standard InChI is InChI=1S/C22H33N3OS/c1-15(2)20(26)17-3-7-22(8-4-17)11-19(12-22)25-9-5-16(6-10-25)18-13-23-21(27)24-14-18/h13-17,19H,3-12H2,1-2H3,(H,23,24,27)/t17-,19-,22?. The number of Topliss-reactive ketones (excluding diaryl/α,β-unsaturated/α-hetero) is 1. The van der Waals surface area contributed by atoms with Gasteiger partial charge >= 0.3 is 0 Å². The highest BCUT2D eigenvalue weighted by atomic mass is 32.1. The van der Waals surface area contributed by atoms with Crippen molar-refractivity contribution in [2.45, 2.75) is 82.3 Å². The van der Waals surface area contributed by atoms with Gasteiger partial charge in [0.05, 0.1) is 0 Å². The molecule has 148 valence electrons. The van der Waals surface area contributed by atoms with Gasteiger partial charge < -0.3 is 4.90 Å². The van der Waals surface area contributed by atoms with E-state index in [-0.39, 0.29) is 5.92 Å². The van der Waals surface area contributed by atoms with E-state index in [1.165, 1.54) is 57.2 Å². The average molecular weight is 388 g/mol. The van der Waals surface area contributed by atoms with Crippen LogP contribution in [0, 0.1) is 17.3 Å². The summed E-state index contributed by atoms with van der Waals surface area (Å²) in [4.78, 5) is 23.5. The molecule has 3 aliphatic rings. The van der Waals surface area contributed by atoms with Crippen LogP contribution in [0.3, 0.4) is 0 Å². The highest BCUT2D eigenvalue weighted by Crippen LogP contribution is 2.55. The zero-order chi connectivity index (χ0) is 19.0. The molecule has 27 heavy (non-hydrogen) atoms. The van der Waals surface area contributed by atoms with Crippen LogP contribution >= 0.6 is 12.6 Å². The van der Waals surface area contributed by atoms with Crippen molar-refractivity contribution >= 4 is 18.4 Å². The summed E-state index contributed by atoms with van der Waals surface area (Å²) in [5, 5.41) is 0.556. The van der Waals surface area contributed by atoms with Crippen LogP contribution < -0.4 is 0 Å². The van der Waals surface area contributed by atoms with Crippen molar-refractivity contribution in [3.8, 4) is 0 Å². The first-order valence-electron chi connectivity index (χ1n) is 10.7. The van der Waals surface area contributed by atoms with E-state index < -0.39 is 0 Å². The van der Waals surface area contributed by atoms with Crippen molar-refractivity contribution in [3.05, 3.63) is 18.0 Å². The van der Waals surface area contributed by atoms with Gasteiger partial charge in [-0.25, -0.2) is 9.97 Å². The minimum atomic E-state index is 0.203. The second kappa shape index (κ2) is 7.82. The molecule has 2 heterocycles. The normalized spacial score (nSPS) is 32.6. The maximum Gasteiger partial charge on any atom is 0.184 e. The zero-order valence-electron chi connectivity index (χ0n) is 16.7. The van der Waals surface area contributed by atoms with Crippen LogP contribution in [0.25, 0.3) is 0 Å². The number of nitrogens with zero attached hydrogens (tertiary/aromatic N) is 3. The molecule has 1 aromatic rings. The van der Waals surface area contributed by atoms with Crippen LogP contribution in [-0.4, -0.2) is 39.8 Å². The van der Waals surface area contributed by atoms with Crippen LogP contribution in [0.2, 0.25) is 0 Å². The molecule has 1 aromatic heterocycles. The van der Waals surface area contributed by atoms with E-state index in [0.717, 1.165) is 18.9 Å². The molecule has 2 aliphatic carbocycles. The summed E-state index contributed by atoms with van der Waals surface area (Å²) in [5.41, 5.74) is 1.83. The fourth-order valence-corrected chi connectivity index (χ4v) is 5.85. The van der Waals surface area contributed by atoms with Gasteiger partial charge in [0.2, 0.25) is 0 Å².